The van der Waals surface area contributed by atoms with E-state index in [1.807, 2.05) is 24.3 Å². The second-order valence-electron chi connectivity index (χ2n) is 2.86. The highest BCUT2D eigenvalue weighted by Crippen LogP contribution is 2.41. The zero-order chi connectivity index (χ0) is 9.97. The van der Waals surface area contributed by atoms with E-state index in [9.17, 15) is 8.42 Å². The van der Waals surface area contributed by atoms with Crippen molar-refractivity contribution in [1.82, 2.24) is 0 Å². The van der Waals surface area contributed by atoms with Gasteiger partial charge in [0.1, 0.15) is 0 Å². The Morgan fingerprint density at radius 3 is 2.00 bits per heavy atom. The molecule has 2 nitrogen and oxygen atoms in total. The van der Waals surface area contributed by atoms with Crippen molar-refractivity contribution in [2.45, 2.75) is 9.79 Å². The molecule has 0 aromatic heterocycles. The van der Waals surface area contributed by atoms with Gasteiger partial charge in [0.15, 0.2) is 10.7 Å². The molecule has 0 aliphatic carbocycles. The fourth-order valence-corrected chi connectivity index (χ4v) is 3.15. The molecular weight excluding hydrogens is 216 g/mol. The molecule has 0 radical (unpaired) electrons. The zero-order valence-electron chi connectivity index (χ0n) is 7.33. The van der Waals surface area contributed by atoms with Crippen LogP contribution in [0.1, 0.15) is 0 Å². The smallest absolute Gasteiger partial charge is 0.168 e. The number of hydrogen-bond acceptors (Lipinski definition) is 2. The lowest BCUT2D eigenvalue weighted by Gasteiger charge is -2.09. The van der Waals surface area contributed by atoms with E-state index in [0.717, 1.165) is 0 Å². The topological polar surface area (TPSA) is 34.1 Å². The summed E-state index contributed by atoms with van der Waals surface area (Å²) in [5.41, 5.74) is 0. The van der Waals surface area contributed by atoms with Gasteiger partial charge in [-0.3, -0.25) is 0 Å². The maximum Gasteiger partial charge on any atom is 0.168 e. The van der Waals surface area contributed by atoms with Crippen molar-refractivity contribution >= 4 is 21.6 Å². The number of allylic oxidation sites excluding steroid dienone is 2. The fraction of sp³-hybridized carbons (Fsp3) is 0. The molecule has 0 saturated heterocycles. The second-order valence-corrected chi connectivity index (χ2v) is 5.82. The average Bonchev–Trinajstić information content (AvgIpc) is 2.71. The highest BCUT2D eigenvalue weighted by Gasteiger charge is 2.02. The summed E-state index contributed by atoms with van der Waals surface area (Å²) >= 11 is 0. The third-order valence-corrected chi connectivity index (χ3v) is 4.56. The first-order valence-corrected chi connectivity index (χ1v) is 6.81. The largest absolute Gasteiger partial charge is 0.227 e. The van der Waals surface area contributed by atoms with Crippen LogP contribution in [-0.2, 0) is 10.7 Å². The molecule has 0 atom stereocenters. The van der Waals surface area contributed by atoms with Crippen molar-refractivity contribution in [1.29, 1.82) is 0 Å². The Kier molecular flexibility index (Phi) is 2.74. The lowest BCUT2D eigenvalue weighted by molar-refractivity contribution is 0.614. The lowest BCUT2D eigenvalue weighted by atomic mass is 10.4. The average molecular weight is 226 g/mol. The predicted molar refractivity (Wildman–Crippen MR) is 60.6 cm³/mol. The van der Waals surface area contributed by atoms with Gasteiger partial charge >= 0.3 is 0 Å². The van der Waals surface area contributed by atoms with Gasteiger partial charge in [-0.2, -0.15) is 10.9 Å². The van der Waals surface area contributed by atoms with Crippen LogP contribution in [0.25, 0.3) is 0 Å². The van der Waals surface area contributed by atoms with Gasteiger partial charge < -0.3 is 0 Å². The van der Waals surface area contributed by atoms with Gasteiger partial charge in [0.25, 0.3) is 0 Å². The highest BCUT2D eigenvalue weighted by molar-refractivity contribution is 8.22. The van der Waals surface area contributed by atoms with Crippen molar-refractivity contribution in [3.05, 3.63) is 47.2 Å². The van der Waals surface area contributed by atoms with E-state index in [-0.39, 0.29) is 10.9 Å². The molecule has 2 rings (SSSR count). The number of thiol groups is 2. The third kappa shape index (κ3) is 1.91. The first-order chi connectivity index (χ1) is 6.77. The quantitative estimate of drug-likeness (QED) is 0.757. The standard InChI is InChI=1S/C10H10O2S2/c11-14(12)10-5-3-9(4-6-10)13-7-1-2-8-13/h1-8,13-14H. The summed E-state index contributed by atoms with van der Waals surface area (Å²) in [6.07, 6.45) is 4.04. The summed E-state index contributed by atoms with van der Waals surface area (Å²) in [6, 6.07) is 7.07. The van der Waals surface area contributed by atoms with Gasteiger partial charge in [0.2, 0.25) is 0 Å². The minimum absolute atomic E-state index is 0.330. The van der Waals surface area contributed by atoms with Gasteiger partial charge in [-0.05, 0) is 40.0 Å². The molecule has 14 heavy (non-hydrogen) atoms. The van der Waals surface area contributed by atoms with Crippen molar-refractivity contribution < 1.29 is 8.42 Å². The van der Waals surface area contributed by atoms with Crippen molar-refractivity contribution in [2.24, 2.45) is 0 Å². The summed E-state index contributed by atoms with van der Waals surface area (Å²) < 4.78 is 21.3. The molecule has 0 unspecified atom stereocenters. The number of benzene rings is 1. The highest BCUT2D eigenvalue weighted by atomic mass is 32.2. The Bertz CT molecular complexity index is 436. The molecule has 1 aliphatic rings. The van der Waals surface area contributed by atoms with E-state index in [1.165, 1.54) is 4.90 Å². The van der Waals surface area contributed by atoms with Crippen LogP contribution in [0.15, 0.2) is 57.0 Å². The van der Waals surface area contributed by atoms with Gasteiger partial charge in [0, 0.05) is 0 Å². The Hall–Kier alpha value is -1.00. The molecule has 0 saturated carbocycles. The summed E-state index contributed by atoms with van der Waals surface area (Å²) in [5.74, 6) is 0. The second kappa shape index (κ2) is 4.02. The van der Waals surface area contributed by atoms with Crippen LogP contribution < -0.4 is 0 Å². The van der Waals surface area contributed by atoms with Crippen molar-refractivity contribution in [2.75, 3.05) is 0 Å². The fourth-order valence-electron chi connectivity index (χ4n) is 1.25. The van der Waals surface area contributed by atoms with Crippen LogP contribution >= 0.6 is 10.9 Å². The van der Waals surface area contributed by atoms with Crippen LogP contribution in [0.2, 0.25) is 0 Å². The van der Waals surface area contributed by atoms with Crippen LogP contribution in [0.4, 0.5) is 0 Å². The zero-order valence-corrected chi connectivity index (χ0v) is 9.12. The monoisotopic (exact) mass is 226 g/mol. The maximum atomic E-state index is 10.6. The SMILES string of the molecule is O=[SH](=O)c1ccc([SH]2C=CC=C2)cc1. The molecule has 1 heterocycles. The van der Waals surface area contributed by atoms with Gasteiger partial charge in [0.05, 0.1) is 4.90 Å². The van der Waals surface area contributed by atoms with E-state index in [1.54, 1.807) is 12.1 Å². The van der Waals surface area contributed by atoms with E-state index in [2.05, 4.69) is 10.8 Å². The van der Waals surface area contributed by atoms with Crippen LogP contribution in [0, 0.1) is 0 Å². The molecule has 74 valence electrons. The molecule has 1 aromatic rings. The molecular formula is C10H10O2S2. The van der Waals surface area contributed by atoms with Crippen LogP contribution in [0.3, 0.4) is 0 Å². The summed E-state index contributed by atoms with van der Waals surface area (Å²) in [7, 11) is -2.78. The number of rotatable bonds is 2. The van der Waals surface area contributed by atoms with Gasteiger partial charge in [-0.15, -0.1) is 0 Å². The molecule has 0 bridgehead atoms. The molecule has 0 amide bonds. The molecule has 0 spiro atoms. The van der Waals surface area contributed by atoms with Gasteiger partial charge in [-0.25, -0.2) is 8.42 Å². The van der Waals surface area contributed by atoms with E-state index < -0.39 is 10.7 Å². The van der Waals surface area contributed by atoms with Crippen LogP contribution in [0.5, 0.6) is 0 Å². The Morgan fingerprint density at radius 1 is 0.929 bits per heavy atom. The minimum atomic E-state index is -2.45. The first kappa shape index (κ1) is 9.55. The number of hydrogen-bond donors (Lipinski definition) is 2. The first-order valence-electron chi connectivity index (χ1n) is 4.15. The minimum Gasteiger partial charge on any atom is -0.227 e. The molecule has 4 heteroatoms. The van der Waals surface area contributed by atoms with Crippen molar-refractivity contribution in [3.63, 3.8) is 0 Å². The third-order valence-electron chi connectivity index (χ3n) is 1.96. The van der Waals surface area contributed by atoms with Crippen molar-refractivity contribution in [3.8, 4) is 0 Å². The predicted octanol–water partition coefficient (Wildman–Crippen LogP) is 2.06. The summed E-state index contributed by atoms with van der Waals surface area (Å²) in [5, 5.41) is 4.28. The molecule has 0 fully saturated rings. The summed E-state index contributed by atoms with van der Waals surface area (Å²) in [4.78, 5) is 1.57. The molecule has 1 aliphatic heterocycles. The molecule has 0 N–H and O–H groups in total. The van der Waals surface area contributed by atoms with E-state index in [4.69, 9.17) is 0 Å². The maximum absolute atomic E-state index is 10.6. The Labute approximate surface area is 87.3 Å². The normalized spacial score (nSPS) is 16.8. The van der Waals surface area contributed by atoms with Gasteiger partial charge in [-0.1, -0.05) is 12.2 Å². The van der Waals surface area contributed by atoms with E-state index in [0.29, 0.717) is 4.90 Å². The van der Waals surface area contributed by atoms with E-state index >= 15 is 0 Å². The summed E-state index contributed by atoms with van der Waals surface area (Å²) in [6.45, 7) is 0. The lowest BCUT2D eigenvalue weighted by Crippen LogP contribution is -1.80. The Balaban J connectivity index is 2.30. The van der Waals surface area contributed by atoms with Crippen LogP contribution in [-0.4, -0.2) is 8.42 Å². The molecule has 1 aromatic carbocycles. The Morgan fingerprint density at radius 2 is 1.50 bits per heavy atom.